The number of hydrogen-bond donors (Lipinski definition) is 1. The zero-order chi connectivity index (χ0) is 46.4. The van der Waals surface area contributed by atoms with Crippen molar-refractivity contribution in [2.75, 3.05) is 10.2 Å². The number of rotatable bonds is 5. The maximum Gasteiger partial charge on any atom is 0.140 e. The summed E-state index contributed by atoms with van der Waals surface area (Å²) in [4.78, 5) is 19.1. The number of aromatic nitrogens is 4. The standard InChI is InChI=1S/C30H18BrN3.C16H10Br2.C14H11N3/c31-26-13-8-20-7-12-25-27(14-9-21-6-11-24(26)29(20)30(21)25)34(28-15-16-32-18-33-28)23-10-5-19-3-1-2-4-22(19)17-23;17-13-8-4-10-2-6-12-14(18)7-3-9-1-5-11(13)16(10)15(9)12;1-2-4-12-9-13(6-5-11(12)3-1)17-14-7-8-15-10-16-14/h1-18H;1-3,5-7H,4,8H2;1-10H,(H,15,16,17). The number of nitrogens with one attached hydrogen (secondary N) is 1. The molecule has 0 saturated heterocycles. The molecule has 14 rings (SSSR count). The van der Waals surface area contributed by atoms with Crippen molar-refractivity contribution in [3.63, 3.8) is 0 Å². The van der Waals surface area contributed by atoms with Gasteiger partial charge in [0, 0.05) is 42.6 Å². The zero-order valence-electron chi connectivity index (χ0n) is 36.9. The summed E-state index contributed by atoms with van der Waals surface area (Å²) in [5, 5.41) is 22.4. The molecule has 2 heterocycles. The van der Waals surface area contributed by atoms with E-state index in [-0.39, 0.29) is 0 Å². The van der Waals surface area contributed by atoms with Crippen LogP contribution in [0.1, 0.15) is 12.0 Å². The number of nitrogens with zero attached hydrogens (tertiary/aromatic N) is 5. The topological polar surface area (TPSA) is 66.8 Å². The highest BCUT2D eigenvalue weighted by Crippen LogP contribution is 2.45. The number of aryl methyl sites for hydroxylation is 1. The predicted molar refractivity (Wildman–Crippen MR) is 300 cm³/mol. The Morgan fingerprint density at radius 1 is 0.435 bits per heavy atom. The van der Waals surface area contributed by atoms with Gasteiger partial charge in [-0.15, -0.1) is 0 Å². The summed E-state index contributed by atoms with van der Waals surface area (Å²) in [6.07, 6.45) is 8.90. The van der Waals surface area contributed by atoms with Crippen LogP contribution in [0.15, 0.2) is 216 Å². The van der Waals surface area contributed by atoms with Crippen LogP contribution >= 0.6 is 47.8 Å². The highest BCUT2D eigenvalue weighted by Gasteiger charge is 2.20. The van der Waals surface area contributed by atoms with E-state index in [0.29, 0.717) is 0 Å². The van der Waals surface area contributed by atoms with Crippen molar-refractivity contribution in [1.82, 2.24) is 19.9 Å². The fourth-order valence-corrected chi connectivity index (χ4v) is 11.3. The molecule has 1 aliphatic carbocycles. The number of hydrogen-bond acceptors (Lipinski definition) is 6. The molecular weight excluding hydrogens is 1040 g/mol. The van der Waals surface area contributed by atoms with Crippen LogP contribution in [0.4, 0.5) is 28.7 Å². The SMILES string of the molecule is BrC1=c2ccc3ccc(Br)c4ccc(c2c34)CC1.Brc1ccc2ccc3c(N(c4ccc5ccccc5c4)c4ccncn4)ccc4ccc1c2c43.c1ccc2cc(Nc3ccncn3)ccc2c1. The highest BCUT2D eigenvalue weighted by molar-refractivity contribution is 9.14. The second-order valence-corrected chi connectivity index (χ2v) is 19.7. The molecule has 330 valence electrons. The summed E-state index contributed by atoms with van der Waals surface area (Å²) in [5.41, 5.74) is 4.66. The zero-order valence-corrected chi connectivity index (χ0v) is 41.7. The summed E-state index contributed by atoms with van der Waals surface area (Å²) < 4.78 is 3.63. The minimum atomic E-state index is 0.801. The second-order valence-electron chi connectivity index (χ2n) is 17.1. The molecule has 0 spiro atoms. The largest absolute Gasteiger partial charge is 0.340 e. The minimum Gasteiger partial charge on any atom is -0.340 e. The van der Waals surface area contributed by atoms with Crippen LogP contribution in [0.2, 0.25) is 0 Å². The van der Waals surface area contributed by atoms with E-state index in [0.717, 1.165) is 46.0 Å². The fourth-order valence-electron chi connectivity index (χ4n) is 9.85. The van der Waals surface area contributed by atoms with Crippen molar-refractivity contribution in [1.29, 1.82) is 0 Å². The Bertz CT molecular complexity index is 4110. The molecule has 0 bridgehead atoms. The van der Waals surface area contributed by atoms with Crippen LogP contribution in [0.25, 0.3) is 79.9 Å². The first-order chi connectivity index (χ1) is 33.9. The van der Waals surface area contributed by atoms with Crippen molar-refractivity contribution in [2.24, 2.45) is 0 Å². The smallest absolute Gasteiger partial charge is 0.140 e. The van der Waals surface area contributed by atoms with Gasteiger partial charge >= 0.3 is 0 Å². The van der Waals surface area contributed by atoms with Crippen molar-refractivity contribution < 1.29 is 0 Å². The minimum absolute atomic E-state index is 0.801. The molecule has 0 atom stereocenters. The van der Waals surface area contributed by atoms with Gasteiger partial charge in [-0.3, -0.25) is 4.90 Å². The predicted octanol–water partition coefficient (Wildman–Crippen LogP) is 17.1. The van der Waals surface area contributed by atoms with E-state index < -0.39 is 0 Å². The van der Waals surface area contributed by atoms with E-state index in [2.05, 4.69) is 230 Å². The first kappa shape index (κ1) is 43.0. The first-order valence-electron chi connectivity index (χ1n) is 22.7. The Kier molecular flexibility index (Phi) is 11.4. The normalized spacial score (nSPS) is 12.1. The second kappa shape index (κ2) is 18.3. The highest BCUT2D eigenvalue weighted by atomic mass is 79.9. The van der Waals surface area contributed by atoms with Crippen LogP contribution < -0.4 is 15.4 Å². The maximum absolute atomic E-state index is 4.64. The number of benzene rings is 11. The van der Waals surface area contributed by atoms with Crippen LogP contribution in [0, 0.1) is 0 Å². The fraction of sp³-hybridized carbons (Fsp3) is 0.0333. The lowest BCUT2D eigenvalue weighted by atomic mass is 9.90. The molecule has 11 aromatic carbocycles. The van der Waals surface area contributed by atoms with Gasteiger partial charge in [-0.05, 0) is 148 Å². The van der Waals surface area contributed by atoms with E-state index in [1.54, 1.807) is 18.7 Å². The van der Waals surface area contributed by atoms with Crippen LogP contribution in [0.3, 0.4) is 0 Å². The number of anilines is 5. The Balaban J connectivity index is 0.000000118. The van der Waals surface area contributed by atoms with Gasteiger partial charge < -0.3 is 5.32 Å². The van der Waals surface area contributed by atoms with Crippen molar-refractivity contribution in [3.8, 4) is 0 Å². The molecule has 0 aliphatic heterocycles. The van der Waals surface area contributed by atoms with Crippen molar-refractivity contribution in [2.45, 2.75) is 12.8 Å². The lowest BCUT2D eigenvalue weighted by molar-refractivity contribution is 1.03. The van der Waals surface area contributed by atoms with Gasteiger partial charge in [0.25, 0.3) is 0 Å². The van der Waals surface area contributed by atoms with Gasteiger partial charge in [0.05, 0.1) is 5.69 Å². The summed E-state index contributed by atoms with van der Waals surface area (Å²) in [6, 6.07) is 64.3. The molecular formula is C60H39Br3N6. The molecule has 1 N–H and O–H groups in total. The van der Waals surface area contributed by atoms with Gasteiger partial charge in [-0.1, -0.05) is 175 Å². The van der Waals surface area contributed by atoms with E-state index in [9.17, 15) is 0 Å². The molecule has 13 aromatic rings. The Morgan fingerprint density at radius 2 is 1.00 bits per heavy atom. The molecule has 0 radical (unpaired) electrons. The number of fused-ring (bicyclic) bond motifs is 2. The molecule has 0 amide bonds. The summed E-state index contributed by atoms with van der Waals surface area (Å²) in [6.45, 7) is 0. The Hall–Kier alpha value is -7.30. The maximum atomic E-state index is 4.64. The summed E-state index contributed by atoms with van der Waals surface area (Å²) in [5.74, 6) is 1.64. The van der Waals surface area contributed by atoms with Crippen molar-refractivity contribution in [3.05, 3.63) is 227 Å². The Morgan fingerprint density at radius 3 is 1.70 bits per heavy atom. The van der Waals surface area contributed by atoms with E-state index in [1.807, 2.05) is 30.3 Å². The third-order valence-corrected chi connectivity index (χ3v) is 15.3. The molecule has 6 nitrogen and oxygen atoms in total. The van der Waals surface area contributed by atoms with E-state index in [4.69, 9.17) is 0 Å². The molecule has 0 unspecified atom stereocenters. The lowest BCUT2D eigenvalue weighted by Gasteiger charge is -2.26. The molecule has 69 heavy (non-hydrogen) atoms. The quantitative estimate of drug-likeness (QED) is 0.173. The molecule has 1 aliphatic rings. The van der Waals surface area contributed by atoms with Gasteiger partial charge in [0.2, 0.25) is 0 Å². The average Bonchev–Trinajstić information content (AvgIpc) is 3.40. The summed E-state index contributed by atoms with van der Waals surface area (Å²) in [7, 11) is 0. The van der Waals surface area contributed by atoms with Gasteiger partial charge in [0.1, 0.15) is 24.3 Å². The average molecular weight is 1080 g/mol. The summed E-state index contributed by atoms with van der Waals surface area (Å²) >= 11 is 11.2. The molecule has 0 saturated carbocycles. The third kappa shape index (κ3) is 8.10. The molecule has 2 aromatic heterocycles. The van der Waals surface area contributed by atoms with Crippen LogP contribution in [-0.4, -0.2) is 19.9 Å². The van der Waals surface area contributed by atoms with E-state index in [1.165, 1.54) is 101 Å². The van der Waals surface area contributed by atoms with Crippen LogP contribution in [-0.2, 0) is 6.42 Å². The van der Waals surface area contributed by atoms with Gasteiger partial charge in [0.15, 0.2) is 0 Å². The van der Waals surface area contributed by atoms with Crippen LogP contribution in [0.5, 0.6) is 0 Å². The van der Waals surface area contributed by atoms with Gasteiger partial charge in [-0.2, -0.15) is 0 Å². The molecule has 9 heteroatoms. The first-order valence-corrected chi connectivity index (χ1v) is 25.1. The molecule has 0 fully saturated rings. The lowest BCUT2D eigenvalue weighted by Crippen LogP contribution is -2.12. The Labute approximate surface area is 423 Å². The van der Waals surface area contributed by atoms with E-state index >= 15 is 0 Å². The third-order valence-electron chi connectivity index (χ3n) is 13.1. The van der Waals surface area contributed by atoms with Crippen molar-refractivity contribution >= 4 is 156 Å². The monoisotopic (exact) mass is 1080 g/mol. The number of halogens is 3. The van der Waals surface area contributed by atoms with Gasteiger partial charge in [-0.25, -0.2) is 19.9 Å².